The zero-order valence-electron chi connectivity index (χ0n) is 13.1. The summed E-state index contributed by atoms with van der Waals surface area (Å²) in [5.74, 6) is -1.13. The number of halogens is 3. The molecule has 2 amide bonds. The van der Waals surface area contributed by atoms with Gasteiger partial charge >= 0.3 is 6.18 Å². The van der Waals surface area contributed by atoms with Crippen LogP contribution in [-0.2, 0) is 9.59 Å². The molecule has 0 aromatic rings. The van der Waals surface area contributed by atoms with Gasteiger partial charge in [0.05, 0.1) is 5.92 Å². The molecule has 3 atom stereocenters. The monoisotopic (exact) mass is 321 g/mol. The van der Waals surface area contributed by atoms with Crippen molar-refractivity contribution in [1.29, 1.82) is 0 Å². The Bertz CT molecular complexity index is 453. The SMILES string of the molecule is C[C@@H]1CN(C(=O)[C@H]2CC(=O)N(CC(F)(F)F)C2)C[C@@H]1N(C)C. The number of hydrogen-bond donors (Lipinski definition) is 0. The van der Waals surface area contributed by atoms with E-state index in [2.05, 4.69) is 0 Å². The Labute approximate surface area is 128 Å². The van der Waals surface area contributed by atoms with E-state index in [4.69, 9.17) is 0 Å². The summed E-state index contributed by atoms with van der Waals surface area (Å²) in [7, 11) is 3.89. The minimum absolute atomic E-state index is 0.119. The van der Waals surface area contributed by atoms with Gasteiger partial charge < -0.3 is 14.7 Å². The maximum absolute atomic E-state index is 12.5. The highest BCUT2D eigenvalue weighted by molar-refractivity contribution is 5.89. The van der Waals surface area contributed by atoms with Crippen molar-refractivity contribution in [2.24, 2.45) is 11.8 Å². The molecule has 0 saturated carbocycles. The van der Waals surface area contributed by atoms with Crippen molar-refractivity contribution in [2.45, 2.75) is 25.6 Å². The van der Waals surface area contributed by atoms with Crippen molar-refractivity contribution in [3.8, 4) is 0 Å². The molecule has 0 aromatic carbocycles. The zero-order chi connectivity index (χ0) is 16.7. The third-order valence-electron chi connectivity index (χ3n) is 4.48. The first-order chi connectivity index (χ1) is 10.1. The van der Waals surface area contributed by atoms with Gasteiger partial charge in [-0.3, -0.25) is 9.59 Å². The lowest BCUT2D eigenvalue weighted by Gasteiger charge is -2.23. The van der Waals surface area contributed by atoms with E-state index in [-0.39, 0.29) is 24.9 Å². The standard InChI is InChI=1S/C14H22F3N3O2/c1-9-5-19(7-11(9)18(2)3)13(22)10-4-12(21)20(6-10)8-14(15,16)17/h9-11H,4-8H2,1-3H3/t9-,10+,11+/m1/s1. The Morgan fingerprint density at radius 1 is 1.27 bits per heavy atom. The summed E-state index contributed by atoms with van der Waals surface area (Å²) in [6.07, 6.45) is -4.54. The Balaban J connectivity index is 1.96. The van der Waals surface area contributed by atoms with Crippen LogP contribution in [0.5, 0.6) is 0 Å². The van der Waals surface area contributed by atoms with Gasteiger partial charge in [0.2, 0.25) is 11.8 Å². The molecule has 5 nitrogen and oxygen atoms in total. The van der Waals surface area contributed by atoms with Gasteiger partial charge in [0.1, 0.15) is 6.54 Å². The molecule has 0 aliphatic carbocycles. The quantitative estimate of drug-likeness (QED) is 0.772. The Hall–Kier alpha value is -1.31. The number of likely N-dealkylation sites (tertiary alicyclic amines) is 2. The summed E-state index contributed by atoms with van der Waals surface area (Å²) in [4.78, 5) is 28.6. The average Bonchev–Trinajstić information content (AvgIpc) is 2.91. The first kappa shape index (κ1) is 17.1. The fourth-order valence-corrected chi connectivity index (χ4v) is 3.37. The number of rotatable bonds is 3. The van der Waals surface area contributed by atoms with Crippen LogP contribution >= 0.6 is 0 Å². The van der Waals surface area contributed by atoms with Crippen molar-refractivity contribution in [3.63, 3.8) is 0 Å². The predicted molar refractivity (Wildman–Crippen MR) is 74.0 cm³/mol. The lowest BCUT2D eigenvalue weighted by Crippen LogP contribution is -2.39. The van der Waals surface area contributed by atoms with E-state index in [1.807, 2.05) is 25.9 Å². The highest BCUT2D eigenvalue weighted by atomic mass is 19.4. The molecule has 8 heteroatoms. The summed E-state index contributed by atoms with van der Waals surface area (Å²) in [6, 6.07) is 0.243. The molecule has 2 saturated heterocycles. The topological polar surface area (TPSA) is 43.9 Å². The summed E-state index contributed by atoms with van der Waals surface area (Å²) in [6.45, 7) is 1.80. The van der Waals surface area contributed by atoms with Gasteiger partial charge in [0.25, 0.3) is 0 Å². The van der Waals surface area contributed by atoms with Crippen LogP contribution in [0.25, 0.3) is 0 Å². The number of likely N-dealkylation sites (N-methyl/N-ethyl adjacent to an activating group) is 1. The maximum atomic E-state index is 12.5. The van der Waals surface area contributed by atoms with Crippen LogP contribution in [-0.4, -0.2) is 79.0 Å². The number of amides is 2. The molecule has 0 N–H and O–H groups in total. The van der Waals surface area contributed by atoms with Crippen LogP contribution in [0.1, 0.15) is 13.3 Å². The second-order valence-corrected chi connectivity index (χ2v) is 6.54. The van der Waals surface area contributed by atoms with Crippen molar-refractivity contribution in [3.05, 3.63) is 0 Å². The second kappa shape index (κ2) is 6.06. The van der Waals surface area contributed by atoms with Gasteiger partial charge in [-0.25, -0.2) is 0 Å². The first-order valence-corrected chi connectivity index (χ1v) is 7.38. The largest absolute Gasteiger partial charge is 0.406 e. The molecule has 0 radical (unpaired) electrons. The predicted octanol–water partition coefficient (Wildman–Crippen LogP) is 0.806. The number of carbonyl (C=O) groups excluding carboxylic acids is 2. The van der Waals surface area contributed by atoms with E-state index in [1.165, 1.54) is 0 Å². The highest BCUT2D eigenvalue weighted by Crippen LogP contribution is 2.28. The third-order valence-corrected chi connectivity index (χ3v) is 4.48. The van der Waals surface area contributed by atoms with E-state index in [0.717, 1.165) is 4.90 Å². The summed E-state index contributed by atoms with van der Waals surface area (Å²) >= 11 is 0. The van der Waals surface area contributed by atoms with Gasteiger partial charge in [-0.1, -0.05) is 6.92 Å². The van der Waals surface area contributed by atoms with Gasteiger partial charge in [0, 0.05) is 32.1 Å². The highest BCUT2D eigenvalue weighted by Gasteiger charge is 2.43. The molecule has 0 aromatic heterocycles. The van der Waals surface area contributed by atoms with Crippen LogP contribution in [0.2, 0.25) is 0 Å². The van der Waals surface area contributed by atoms with E-state index in [1.54, 1.807) is 4.90 Å². The summed E-state index contributed by atoms with van der Waals surface area (Å²) < 4.78 is 37.2. The van der Waals surface area contributed by atoms with Crippen LogP contribution in [0.15, 0.2) is 0 Å². The van der Waals surface area contributed by atoms with Crippen LogP contribution in [0.3, 0.4) is 0 Å². The van der Waals surface area contributed by atoms with Crippen LogP contribution in [0, 0.1) is 11.8 Å². The smallest absolute Gasteiger partial charge is 0.340 e. The molecular weight excluding hydrogens is 299 g/mol. The summed E-state index contributed by atoms with van der Waals surface area (Å²) in [5.41, 5.74) is 0. The van der Waals surface area contributed by atoms with Crippen molar-refractivity contribution in [1.82, 2.24) is 14.7 Å². The molecule has 2 rings (SSSR count). The fraction of sp³-hybridized carbons (Fsp3) is 0.857. The van der Waals surface area contributed by atoms with Crippen molar-refractivity contribution in [2.75, 3.05) is 40.3 Å². The summed E-state index contributed by atoms with van der Waals surface area (Å²) in [5, 5.41) is 0. The van der Waals surface area contributed by atoms with Crippen LogP contribution < -0.4 is 0 Å². The Kier molecular flexibility index (Phi) is 4.70. The van der Waals surface area contributed by atoms with Gasteiger partial charge in [-0.15, -0.1) is 0 Å². The lowest BCUT2D eigenvalue weighted by atomic mass is 10.1. The second-order valence-electron chi connectivity index (χ2n) is 6.54. The number of alkyl halides is 3. The fourth-order valence-electron chi connectivity index (χ4n) is 3.37. The number of carbonyl (C=O) groups is 2. The normalized spacial score (nSPS) is 29.8. The van der Waals surface area contributed by atoms with Gasteiger partial charge in [-0.2, -0.15) is 13.2 Å². The minimum Gasteiger partial charge on any atom is -0.340 e. The first-order valence-electron chi connectivity index (χ1n) is 7.38. The zero-order valence-corrected chi connectivity index (χ0v) is 13.1. The molecule has 0 spiro atoms. The maximum Gasteiger partial charge on any atom is 0.406 e. The molecule has 2 heterocycles. The van der Waals surface area contributed by atoms with E-state index >= 15 is 0 Å². The lowest BCUT2D eigenvalue weighted by molar-refractivity contribution is -0.157. The molecule has 126 valence electrons. The molecular formula is C14H22F3N3O2. The molecule has 0 bridgehead atoms. The molecule has 2 fully saturated rings. The molecule has 0 unspecified atom stereocenters. The third kappa shape index (κ3) is 3.71. The average molecular weight is 321 g/mol. The van der Waals surface area contributed by atoms with Crippen molar-refractivity contribution >= 4 is 11.8 Å². The Morgan fingerprint density at radius 3 is 2.41 bits per heavy atom. The van der Waals surface area contributed by atoms with Gasteiger partial charge in [0.15, 0.2) is 0 Å². The van der Waals surface area contributed by atoms with Crippen LogP contribution in [0.4, 0.5) is 13.2 Å². The number of hydrogen-bond acceptors (Lipinski definition) is 3. The number of nitrogens with zero attached hydrogens (tertiary/aromatic N) is 3. The molecule has 22 heavy (non-hydrogen) atoms. The van der Waals surface area contributed by atoms with Gasteiger partial charge in [-0.05, 0) is 20.0 Å². The molecule has 2 aliphatic heterocycles. The van der Waals surface area contributed by atoms with E-state index in [9.17, 15) is 22.8 Å². The van der Waals surface area contributed by atoms with E-state index in [0.29, 0.717) is 19.0 Å². The molecule has 2 aliphatic rings. The Morgan fingerprint density at radius 2 is 1.91 bits per heavy atom. The van der Waals surface area contributed by atoms with E-state index < -0.39 is 24.5 Å². The van der Waals surface area contributed by atoms with Crippen molar-refractivity contribution < 1.29 is 22.8 Å². The minimum atomic E-state index is -4.42.